The molecule has 0 radical (unpaired) electrons. The lowest BCUT2D eigenvalue weighted by atomic mass is 10.1. The topological polar surface area (TPSA) is 64.6 Å². The van der Waals surface area contributed by atoms with E-state index in [9.17, 15) is 9.59 Å². The first-order chi connectivity index (χ1) is 10.1. The van der Waals surface area contributed by atoms with E-state index in [0.717, 1.165) is 11.1 Å². The number of alkyl carbamates (subject to hydrolysis) is 1. The van der Waals surface area contributed by atoms with E-state index in [2.05, 4.69) is 11.9 Å². The largest absolute Gasteiger partial charge is 0.467 e. The number of hydrogen-bond donors (Lipinski definition) is 1. The van der Waals surface area contributed by atoms with Gasteiger partial charge >= 0.3 is 12.1 Å². The van der Waals surface area contributed by atoms with Crippen LogP contribution in [-0.2, 0) is 14.3 Å². The van der Waals surface area contributed by atoms with Crippen molar-refractivity contribution in [1.29, 1.82) is 0 Å². The van der Waals surface area contributed by atoms with E-state index in [4.69, 9.17) is 9.47 Å². The van der Waals surface area contributed by atoms with Gasteiger partial charge in [-0.3, -0.25) is 0 Å². The molecule has 0 heterocycles. The van der Waals surface area contributed by atoms with E-state index in [-0.39, 0.29) is 6.42 Å². The predicted molar refractivity (Wildman–Crippen MR) is 87.5 cm³/mol. The van der Waals surface area contributed by atoms with Gasteiger partial charge in [-0.05, 0) is 40.2 Å². The summed E-state index contributed by atoms with van der Waals surface area (Å²) in [7, 11) is 1.28. The van der Waals surface area contributed by atoms with Crippen LogP contribution in [-0.4, -0.2) is 30.8 Å². The molecule has 0 aliphatic heterocycles. The molecule has 0 aromatic heterocycles. The van der Waals surface area contributed by atoms with Crippen molar-refractivity contribution in [3.63, 3.8) is 0 Å². The predicted octanol–water partition coefficient (Wildman–Crippen LogP) is 3.52. The van der Waals surface area contributed by atoms with Crippen molar-refractivity contribution in [3.05, 3.63) is 36.0 Å². The normalized spacial score (nSPS) is 12.9. The molecule has 124 valence electrons. The fourth-order valence-electron chi connectivity index (χ4n) is 1.51. The molecule has 0 bridgehead atoms. The second-order valence-corrected chi connectivity index (χ2v) is 6.12. The molecule has 0 aliphatic carbocycles. The summed E-state index contributed by atoms with van der Waals surface area (Å²) in [5, 5.41) is 2.53. The van der Waals surface area contributed by atoms with Crippen LogP contribution in [0.15, 0.2) is 36.0 Å². The van der Waals surface area contributed by atoms with Gasteiger partial charge in [-0.2, -0.15) is 0 Å². The summed E-state index contributed by atoms with van der Waals surface area (Å²) in [5.41, 5.74) is 1.30. The Labute approximate surface area is 133 Å². The first-order valence-electron chi connectivity index (χ1n) is 7.13. The number of methoxy groups -OCH3 is 1. The zero-order valence-corrected chi connectivity index (χ0v) is 14.4. The molecule has 0 aliphatic rings. The number of ether oxygens (including phenoxy) is 2. The standard InChI is InChI=1S/C17H27NO4/c1-8-13(10-9-12(2)3)11-14(15(19)21-7)18-16(20)22-17(4,5)6/h8-10,14H,1,11H2,2-7H3,(H,18,20)/b13-10+/t14-/m0/s1. The Balaban J connectivity index is 5.03. The van der Waals surface area contributed by atoms with Crippen molar-refractivity contribution in [3.8, 4) is 0 Å². The first kappa shape index (κ1) is 20.0. The van der Waals surface area contributed by atoms with Crippen LogP contribution in [0.1, 0.15) is 41.0 Å². The Morgan fingerprint density at radius 3 is 2.23 bits per heavy atom. The van der Waals surface area contributed by atoms with Gasteiger partial charge in [0.2, 0.25) is 0 Å². The third-order valence-corrected chi connectivity index (χ3v) is 2.51. The second-order valence-electron chi connectivity index (χ2n) is 6.12. The number of esters is 1. The minimum atomic E-state index is -0.824. The smallest absolute Gasteiger partial charge is 0.408 e. The molecular weight excluding hydrogens is 282 g/mol. The van der Waals surface area contributed by atoms with Crippen molar-refractivity contribution < 1.29 is 19.1 Å². The van der Waals surface area contributed by atoms with Crippen LogP contribution >= 0.6 is 0 Å². The van der Waals surface area contributed by atoms with E-state index in [1.54, 1.807) is 26.8 Å². The van der Waals surface area contributed by atoms with Gasteiger partial charge in [-0.15, -0.1) is 0 Å². The third-order valence-electron chi connectivity index (χ3n) is 2.51. The maximum absolute atomic E-state index is 11.8. The number of carbonyl (C=O) groups is 2. The fraction of sp³-hybridized carbons (Fsp3) is 0.529. The first-order valence-corrected chi connectivity index (χ1v) is 7.13. The molecule has 0 spiro atoms. The van der Waals surface area contributed by atoms with E-state index >= 15 is 0 Å². The van der Waals surface area contributed by atoms with Crippen LogP contribution in [0.5, 0.6) is 0 Å². The molecule has 0 unspecified atom stereocenters. The Hall–Kier alpha value is -2.04. The number of amides is 1. The van der Waals surface area contributed by atoms with Gasteiger partial charge in [-0.25, -0.2) is 9.59 Å². The van der Waals surface area contributed by atoms with Crippen LogP contribution in [0.25, 0.3) is 0 Å². The molecule has 5 nitrogen and oxygen atoms in total. The lowest BCUT2D eigenvalue weighted by Crippen LogP contribution is -2.44. The molecule has 0 saturated carbocycles. The van der Waals surface area contributed by atoms with Gasteiger partial charge in [0, 0.05) is 6.42 Å². The fourth-order valence-corrected chi connectivity index (χ4v) is 1.51. The average molecular weight is 309 g/mol. The maximum atomic E-state index is 11.8. The summed E-state index contributed by atoms with van der Waals surface area (Å²) >= 11 is 0. The molecule has 1 amide bonds. The minimum Gasteiger partial charge on any atom is -0.467 e. The number of carbonyl (C=O) groups excluding carboxylic acids is 2. The highest BCUT2D eigenvalue weighted by Gasteiger charge is 2.25. The highest BCUT2D eigenvalue weighted by molar-refractivity contribution is 5.81. The van der Waals surface area contributed by atoms with Crippen LogP contribution in [0, 0.1) is 0 Å². The molecule has 0 aromatic rings. The lowest BCUT2D eigenvalue weighted by molar-refractivity contribution is -0.143. The second kappa shape index (κ2) is 9.07. The molecule has 22 heavy (non-hydrogen) atoms. The van der Waals surface area contributed by atoms with Crippen LogP contribution in [0.4, 0.5) is 4.79 Å². The number of allylic oxidation sites excluding steroid dienone is 4. The van der Waals surface area contributed by atoms with Gasteiger partial charge in [0.05, 0.1) is 7.11 Å². The summed E-state index contributed by atoms with van der Waals surface area (Å²) in [4.78, 5) is 23.7. The maximum Gasteiger partial charge on any atom is 0.408 e. The molecular formula is C17H27NO4. The van der Waals surface area contributed by atoms with E-state index in [1.165, 1.54) is 7.11 Å². The number of hydrogen-bond acceptors (Lipinski definition) is 4. The van der Waals surface area contributed by atoms with E-state index < -0.39 is 23.7 Å². The Bertz CT molecular complexity index is 466. The monoisotopic (exact) mass is 309 g/mol. The highest BCUT2D eigenvalue weighted by Crippen LogP contribution is 2.12. The average Bonchev–Trinajstić information content (AvgIpc) is 2.38. The number of rotatable bonds is 6. The lowest BCUT2D eigenvalue weighted by Gasteiger charge is -2.22. The van der Waals surface area contributed by atoms with Crippen molar-refractivity contribution in [2.24, 2.45) is 0 Å². The molecule has 5 heteroatoms. The zero-order valence-electron chi connectivity index (χ0n) is 14.4. The SMILES string of the molecule is C=C/C(=C\C=C(C)C)C[C@H](NC(=O)OC(C)(C)C)C(=O)OC. The Kier molecular flexibility index (Phi) is 8.23. The van der Waals surface area contributed by atoms with Crippen LogP contribution < -0.4 is 5.32 Å². The van der Waals surface area contributed by atoms with Gasteiger partial charge in [0.15, 0.2) is 0 Å². The highest BCUT2D eigenvalue weighted by atomic mass is 16.6. The van der Waals surface area contributed by atoms with Crippen molar-refractivity contribution in [2.45, 2.75) is 52.7 Å². The van der Waals surface area contributed by atoms with Gasteiger partial charge in [0.1, 0.15) is 11.6 Å². The molecule has 0 rings (SSSR count). The van der Waals surface area contributed by atoms with E-state index in [1.807, 2.05) is 26.0 Å². The van der Waals surface area contributed by atoms with Crippen molar-refractivity contribution in [1.82, 2.24) is 5.32 Å². The van der Waals surface area contributed by atoms with E-state index in [0.29, 0.717) is 0 Å². The summed E-state index contributed by atoms with van der Waals surface area (Å²) in [5.74, 6) is -0.532. The summed E-state index contributed by atoms with van der Waals surface area (Å²) in [6.45, 7) is 12.9. The molecule has 0 fully saturated rings. The molecule has 0 aromatic carbocycles. The van der Waals surface area contributed by atoms with Gasteiger partial charge in [0.25, 0.3) is 0 Å². The Morgan fingerprint density at radius 1 is 1.23 bits per heavy atom. The summed E-state index contributed by atoms with van der Waals surface area (Å²) in [6.07, 6.45) is 5.03. The van der Waals surface area contributed by atoms with Crippen LogP contribution in [0.3, 0.4) is 0 Å². The zero-order chi connectivity index (χ0) is 17.3. The van der Waals surface area contributed by atoms with Gasteiger partial charge < -0.3 is 14.8 Å². The third kappa shape index (κ3) is 9.00. The van der Waals surface area contributed by atoms with Crippen LogP contribution in [0.2, 0.25) is 0 Å². The minimum absolute atomic E-state index is 0.277. The number of nitrogens with one attached hydrogen (secondary N) is 1. The van der Waals surface area contributed by atoms with Crippen molar-refractivity contribution >= 4 is 12.1 Å². The quantitative estimate of drug-likeness (QED) is 0.602. The summed E-state index contributed by atoms with van der Waals surface area (Å²) < 4.78 is 9.89. The molecule has 1 atom stereocenters. The Morgan fingerprint density at radius 2 is 1.82 bits per heavy atom. The van der Waals surface area contributed by atoms with Crippen molar-refractivity contribution in [2.75, 3.05) is 7.11 Å². The molecule has 1 N–H and O–H groups in total. The molecule has 0 saturated heterocycles. The summed E-state index contributed by atoms with van der Waals surface area (Å²) in [6, 6.07) is -0.824. The van der Waals surface area contributed by atoms with Gasteiger partial charge in [-0.1, -0.05) is 30.4 Å².